The van der Waals surface area contributed by atoms with Crippen LogP contribution in [-0.2, 0) is 6.42 Å². The van der Waals surface area contributed by atoms with Gasteiger partial charge in [0.25, 0.3) is 0 Å². The molecule has 35 heavy (non-hydrogen) atoms. The molecule has 2 aromatic rings. The number of aryl methyl sites for hydroxylation is 1. The highest BCUT2D eigenvalue weighted by Crippen LogP contribution is 2.26. The van der Waals surface area contributed by atoms with Crippen molar-refractivity contribution in [1.82, 2.24) is 10.3 Å². The predicted molar refractivity (Wildman–Crippen MR) is 135 cm³/mol. The number of carbonyl (C=O) groups is 2. The first-order valence-corrected chi connectivity index (χ1v) is 11.9. The molecule has 0 aliphatic heterocycles. The topological polar surface area (TPSA) is 130 Å². The summed E-state index contributed by atoms with van der Waals surface area (Å²) in [7, 11) is 0. The van der Waals surface area contributed by atoms with Crippen LogP contribution in [0.5, 0.6) is 5.75 Å². The Bertz CT molecular complexity index is 1120. The summed E-state index contributed by atoms with van der Waals surface area (Å²) in [5, 5.41) is 21.1. The van der Waals surface area contributed by atoms with Crippen LogP contribution in [0.2, 0.25) is 0 Å². The lowest BCUT2D eigenvalue weighted by Crippen LogP contribution is -2.16. The molecule has 0 fully saturated rings. The van der Waals surface area contributed by atoms with E-state index in [1.807, 2.05) is 19.1 Å². The first-order valence-electron chi connectivity index (χ1n) is 11.9. The molecule has 0 spiro atoms. The van der Waals surface area contributed by atoms with E-state index in [1.54, 1.807) is 25.3 Å². The Morgan fingerprint density at radius 2 is 2.00 bits per heavy atom. The number of carboxylic acid groups (broad SMARTS) is 1. The van der Waals surface area contributed by atoms with Gasteiger partial charge in [0, 0.05) is 30.1 Å². The molecule has 188 valence electrons. The number of ketones is 1. The van der Waals surface area contributed by atoms with Crippen molar-refractivity contribution in [3.63, 3.8) is 0 Å². The fraction of sp³-hybridized carbons (Fsp3) is 0.407. The third kappa shape index (κ3) is 8.88. The van der Waals surface area contributed by atoms with Crippen LogP contribution in [0.4, 0.5) is 4.79 Å². The highest BCUT2D eigenvalue weighted by atomic mass is 16.4. The van der Waals surface area contributed by atoms with E-state index in [0.29, 0.717) is 12.8 Å². The monoisotopic (exact) mass is 482 g/mol. The SMILES string of the molecule is CCCCCCc1ccc(/C=C(\C)C(=O)c2c(O)cc(C(C)CC/C=C/NC(=O)O)oc2=O)cn1. The zero-order valence-corrected chi connectivity index (χ0v) is 20.5. The zero-order chi connectivity index (χ0) is 25.8. The lowest BCUT2D eigenvalue weighted by Gasteiger charge is -2.11. The highest BCUT2D eigenvalue weighted by molar-refractivity contribution is 6.12. The number of carbonyl (C=O) groups excluding carboxylic acids is 1. The molecule has 0 radical (unpaired) electrons. The van der Waals surface area contributed by atoms with Gasteiger partial charge in [0.15, 0.2) is 5.78 Å². The van der Waals surface area contributed by atoms with Crippen LogP contribution in [0, 0.1) is 0 Å². The van der Waals surface area contributed by atoms with Gasteiger partial charge in [0.2, 0.25) is 0 Å². The first-order chi connectivity index (χ1) is 16.7. The van der Waals surface area contributed by atoms with Crippen LogP contribution in [0.1, 0.15) is 92.6 Å². The van der Waals surface area contributed by atoms with E-state index in [9.17, 15) is 19.5 Å². The first kappa shape index (κ1) is 27.6. The Morgan fingerprint density at radius 3 is 2.63 bits per heavy atom. The second-order valence-corrected chi connectivity index (χ2v) is 8.58. The van der Waals surface area contributed by atoms with Crippen LogP contribution in [-0.4, -0.2) is 27.1 Å². The Labute approximate surface area is 205 Å². The third-order valence-electron chi connectivity index (χ3n) is 5.63. The summed E-state index contributed by atoms with van der Waals surface area (Å²) in [6.45, 7) is 5.56. The van der Waals surface area contributed by atoms with Gasteiger partial charge in [0.1, 0.15) is 17.1 Å². The molecule has 1 atom stereocenters. The molecule has 8 nitrogen and oxygen atoms in total. The molecule has 1 unspecified atom stereocenters. The van der Waals surface area contributed by atoms with Crippen molar-refractivity contribution in [2.75, 3.05) is 0 Å². The van der Waals surface area contributed by atoms with E-state index in [-0.39, 0.29) is 17.3 Å². The summed E-state index contributed by atoms with van der Waals surface area (Å²) >= 11 is 0. The number of aromatic nitrogens is 1. The number of nitrogens with zero attached hydrogens (tertiary/aromatic N) is 1. The number of unbranched alkanes of at least 4 members (excludes halogenated alkanes) is 3. The fourth-order valence-corrected chi connectivity index (χ4v) is 3.57. The van der Waals surface area contributed by atoms with Crippen LogP contribution in [0.3, 0.4) is 0 Å². The van der Waals surface area contributed by atoms with Gasteiger partial charge >= 0.3 is 11.7 Å². The summed E-state index contributed by atoms with van der Waals surface area (Å²) in [4.78, 5) is 40.3. The Hall–Kier alpha value is -3.68. The van der Waals surface area contributed by atoms with E-state index < -0.39 is 28.8 Å². The van der Waals surface area contributed by atoms with Crippen molar-refractivity contribution in [1.29, 1.82) is 0 Å². The zero-order valence-electron chi connectivity index (χ0n) is 20.5. The second kappa shape index (κ2) is 13.9. The van der Waals surface area contributed by atoms with Crippen LogP contribution < -0.4 is 10.9 Å². The average Bonchev–Trinajstić information content (AvgIpc) is 2.81. The fourth-order valence-electron chi connectivity index (χ4n) is 3.57. The summed E-state index contributed by atoms with van der Waals surface area (Å²) in [6.07, 6.45) is 11.8. The number of allylic oxidation sites excluding steroid dienone is 2. The third-order valence-corrected chi connectivity index (χ3v) is 5.63. The van der Waals surface area contributed by atoms with Crippen molar-refractivity contribution in [2.45, 2.75) is 71.6 Å². The average molecular weight is 483 g/mol. The van der Waals surface area contributed by atoms with Gasteiger partial charge in [-0.3, -0.25) is 15.1 Å². The van der Waals surface area contributed by atoms with E-state index >= 15 is 0 Å². The van der Waals surface area contributed by atoms with Crippen molar-refractivity contribution >= 4 is 18.0 Å². The molecule has 0 aliphatic carbocycles. The molecule has 0 saturated heterocycles. The molecule has 2 rings (SSSR count). The van der Waals surface area contributed by atoms with Gasteiger partial charge in [-0.15, -0.1) is 0 Å². The number of hydrogen-bond donors (Lipinski definition) is 3. The minimum absolute atomic E-state index is 0.226. The van der Waals surface area contributed by atoms with Crippen molar-refractivity contribution in [2.24, 2.45) is 0 Å². The standard InChI is InChI=1S/C27H34N2O6/c1-4-5-6-7-11-21-13-12-20(17-29-21)15-19(3)25(31)24-22(30)16-23(35-26(24)32)18(2)10-8-9-14-28-27(33)34/h9,12-18,28,30H,4-8,10-11H2,1-3H3,(H,33,34)/b14-9+,19-15+. The molecule has 8 heteroatoms. The number of aromatic hydroxyl groups is 1. The lowest BCUT2D eigenvalue weighted by atomic mass is 9.99. The molecule has 0 aromatic carbocycles. The molecule has 2 heterocycles. The highest BCUT2D eigenvalue weighted by Gasteiger charge is 2.22. The summed E-state index contributed by atoms with van der Waals surface area (Å²) in [5.74, 6) is -1.01. The number of rotatable bonds is 13. The molecule has 0 saturated carbocycles. The smallest absolute Gasteiger partial charge is 0.408 e. The molecule has 1 amide bonds. The minimum atomic E-state index is -1.15. The minimum Gasteiger partial charge on any atom is -0.507 e. The Balaban J connectivity index is 2.07. The number of nitrogens with one attached hydrogen (secondary N) is 1. The van der Waals surface area contributed by atoms with E-state index in [0.717, 1.165) is 24.1 Å². The van der Waals surface area contributed by atoms with Gasteiger partial charge in [-0.05, 0) is 55.9 Å². The Morgan fingerprint density at radius 1 is 1.23 bits per heavy atom. The largest absolute Gasteiger partial charge is 0.507 e. The summed E-state index contributed by atoms with van der Waals surface area (Å²) in [5.41, 5.74) is 0.711. The van der Waals surface area contributed by atoms with E-state index in [1.165, 1.54) is 31.5 Å². The van der Waals surface area contributed by atoms with Crippen LogP contribution in [0.15, 0.2) is 51.5 Å². The maximum absolute atomic E-state index is 12.9. The van der Waals surface area contributed by atoms with Crippen molar-refractivity contribution < 1.29 is 24.2 Å². The number of hydrogen-bond acceptors (Lipinski definition) is 6. The van der Waals surface area contributed by atoms with Gasteiger partial charge in [0.05, 0.1) is 0 Å². The molecule has 2 aromatic heterocycles. The van der Waals surface area contributed by atoms with Gasteiger partial charge in [-0.25, -0.2) is 9.59 Å². The van der Waals surface area contributed by atoms with Crippen LogP contribution in [0.25, 0.3) is 6.08 Å². The quantitative estimate of drug-likeness (QED) is 0.186. The molecule has 3 N–H and O–H groups in total. The normalized spacial score (nSPS) is 12.6. The molecule has 0 aliphatic rings. The summed E-state index contributed by atoms with van der Waals surface area (Å²) < 4.78 is 5.33. The van der Waals surface area contributed by atoms with Crippen molar-refractivity contribution in [3.8, 4) is 5.75 Å². The lowest BCUT2D eigenvalue weighted by molar-refractivity contribution is 0.102. The van der Waals surface area contributed by atoms with Crippen LogP contribution >= 0.6 is 0 Å². The number of pyridine rings is 1. The Kier molecular flexibility index (Phi) is 10.9. The van der Waals surface area contributed by atoms with Gasteiger partial charge in [-0.2, -0.15) is 0 Å². The molecular weight excluding hydrogens is 448 g/mol. The predicted octanol–water partition coefficient (Wildman–Crippen LogP) is 5.81. The summed E-state index contributed by atoms with van der Waals surface area (Å²) in [6, 6.07) is 5.11. The van der Waals surface area contributed by atoms with Crippen molar-refractivity contribution in [3.05, 3.63) is 75.2 Å². The maximum Gasteiger partial charge on any atom is 0.408 e. The second-order valence-electron chi connectivity index (χ2n) is 8.58. The van der Waals surface area contributed by atoms with E-state index in [4.69, 9.17) is 9.52 Å². The maximum atomic E-state index is 12.9. The van der Waals surface area contributed by atoms with Gasteiger partial charge in [-0.1, -0.05) is 45.3 Å². The number of Topliss-reactive ketones (excluding diaryl/α,β-unsaturated/α-hetero) is 1. The van der Waals surface area contributed by atoms with Gasteiger partial charge < -0.3 is 14.6 Å². The molecular formula is C27H34N2O6. The molecule has 0 bridgehead atoms. The number of amides is 1. The van der Waals surface area contributed by atoms with E-state index in [2.05, 4.69) is 17.2 Å².